The van der Waals surface area contributed by atoms with Gasteiger partial charge in [0.1, 0.15) is 0 Å². The van der Waals surface area contributed by atoms with Crippen molar-refractivity contribution >= 4 is 37.5 Å². The Hall–Kier alpha value is -1.74. The van der Waals surface area contributed by atoms with Gasteiger partial charge in [-0.05, 0) is 42.9 Å². The Labute approximate surface area is 168 Å². The second-order valence-electron chi connectivity index (χ2n) is 6.33. The topological polar surface area (TPSA) is 69.7 Å². The summed E-state index contributed by atoms with van der Waals surface area (Å²) in [6.07, 6.45) is 0. The quantitative estimate of drug-likeness (QED) is 0.758. The lowest BCUT2D eigenvalue weighted by atomic mass is 10.2. The number of carbonyl (C=O) groups is 1. The number of halogens is 1. The lowest BCUT2D eigenvalue weighted by Crippen LogP contribution is -2.48. The first-order valence-corrected chi connectivity index (χ1v) is 11.0. The van der Waals surface area contributed by atoms with Crippen molar-refractivity contribution in [1.82, 2.24) is 9.21 Å². The summed E-state index contributed by atoms with van der Waals surface area (Å²) in [6.45, 7) is 5.35. The number of piperazine rings is 1. The molecule has 0 aliphatic carbocycles. The summed E-state index contributed by atoms with van der Waals surface area (Å²) in [4.78, 5) is 14.9. The molecule has 27 heavy (non-hydrogen) atoms. The summed E-state index contributed by atoms with van der Waals surface area (Å²) in [5.74, 6) is -0.346. The van der Waals surface area contributed by atoms with Crippen LogP contribution in [0.1, 0.15) is 17.3 Å². The third-order valence-electron chi connectivity index (χ3n) is 4.59. The van der Waals surface area contributed by atoms with Crippen LogP contribution in [0.25, 0.3) is 0 Å². The van der Waals surface area contributed by atoms with Gasteiger partial charge in [0.25, 0.3) is 5.91 Å². The number of anilines is 1. The van der Waals surface area contributed by atoms with E-state index in [-0.39, 0.29) is 10.8 Å². The van der Waals surface area contributed by atoms with Crippen LogP contribution in [-0.4, -0.2) is 56.3 Å². The predicted molar refractivity (Wildman–Crippen MR) is 109 cm³/mol. The Morgan fingerprint density at radius 1 is 1.07 bits per heavy atom. The highest BCUT2D eigenvalue weighted by Gasteiger charge is 2.28. The fourth-order valence-corrected chi connectivity index (χ4v) is 4.87. The molecule has 1 aliphatic heterocycles. The molecule has 144 valence electrons. The van der Waals surface area contributed by atoms with Crippen LogP contribution in [0, 0.1) is 0 Å². The van der Waals surface area contributed by atoms with Gasteiger partial charge in [-0.3, -0.25) is 4.79 Å². The Balaban J connectivity index is 1.77. The Bertz CT molecular complexity index is 925. The van der Waals surface area contributed by atoms with Crippen molar-refractivity contribution in [3.05, 3.63) is 58.6 Å². The third-order valence-corrected chi connectivity index (χ3v) is 6.98. The third kappa shape index (κ3) is 4.76. The molecular weight excluding hydrogens is 430 g/mol. The zero-order valence-electron chi connectivity index (χ0n) is 15.1. The first-order chi connectivity index (χ1) is 12.9. The van der Waals surface area contributed by atoms with Crippen LogP contribution in [0.4, 0.5) is 5.69 Å². The molecule has 0 atom stereocenters. The van der Waals surface area contributed by atoms with E-state index < -0.39 is 10.0 Å². The molecule has 6 nitrogen and oxygen atoms in total. The maximum absolute atomic E-state index is 12.9. The minimum Gasteiger partial charge on any atom is -0.322 e. The molecule has 0 bridgehead atoms. The molecule has 0 unspecified atom stereocenters. The van der Waals surface area contributed by atoms with Gasteiger partial charge in [-0.15, -0.1) is 0 Å². The average Bonchev–Trinajstić information content (AvgIpc) is 2.68. The van der Waals surface area contributed by atoms with Gasteiger partial charge in [0.15, 0.2) is 0 Å². The molecule has 2 aromatic rings. The predicted octanol–water partition coefficient (Wildman–Crippen LogP) is 3.03. The average molecular weight is 452 g/mol. The van der Waals surface area contributed by atoms with Crippen LogP contribution < -0.4 is 5.32 Å². The molecule has 2 aromatic carbocycles. The van der Waals surface area contributed by atoms with E-state index in [4.69, 9.17) is 0 Å². The van der Waals surface area contributed by atoms with Crippen LogP contribution in [0.15, 0.2) is 57.9 Å². The molecule has 8 heteroatoms. The van der Waals surface area contributed by atoms with Crippen LogP contribution in [-0.2, 0) is 10.0 Å². The van der Waals surface area contributed by atoms with Gasteiger partial charge in [-0.1, -0.05) is 35.0 Å². The molecule has 3 rings (SSSR count). The van der Waals surface area contributed by atoms with E-state index >= 15 is 0 Å². The van der Waals surface area contributed by atoms with Gasteiger partial charge in [-0.2, -0.15) is 4.31 Å². The van der Waals surface area contributed by atoms with Crippen molar-refractivity contribution < 1.29 is 13.2 Å². The van der Waals surface area contributed by atoms with E-state index in [1.54, 1.807) is 24.3 Å². The number of carbonyl (C=O) groups excluding carboxylic acids is 1. The summed E-state index contributed by atoms with van der Waals surface area (Å²) >= 11 is 3.36. The van der Waals surface area contributed by atoms with Gasteiger partial charge >= 0.3 is 0 Å². The number of sulfonamides is 1. The number of nitrogens with zero attached hydrogens (tertiary/aromatic N) is 2. The SMILES string of the molecule is CCN1CCN(S(=O)(=O)c2cccc(C(=O)Nc3cccc(Br)c3)c2)CC1. The molecule has 1 aliphatic rings. The molecule has 1 amide bonds. The molecule has 0 aromatic heterocycles. The van der Waals surface area contributed by atoms with E-state index in [0.717, 1.165) is 24.1 Å². The Morgan fingerprint density at radius 2 is 1.78 bits per heavy atom. The summed E-state index contributed by atoms with van der Waals surface area (Å²) in [5, 5.41) is 2.79. The number of rotatable bonds is 5. The van der Waals surface area contributed by atoms with Crippen molar-refractivity contribution in [1.29, 1.82) is 0 Å². The van der Waals surface area contributed by atoms with Crippen LogP contribution in [0.5, 0.6) is 0 Å². The normalized spacial score (nSPS) is 16.2. The van der Waals surface area contributed by atoms with Crippen LogP contribution >= 0.6 is 15.9 Å². The van der Waals surface area contributed by atoms with Crippen molar-refractivity contribution in [2.45, 2.75) is 11.8 Å². The van der Waals surface area contributed by atoms with Gasteiger partial charge in [0.05, 0.1) is 4.90 Å². The summed E-state index contributed by atoms with van der Waals surface area (Å²) in [5.41, 5.74) is 0.946. The highest BCUT2D eigenvalue weighted by molar-refractivity contribution is 9.10. The minimum atomic E-state index is -3.61. The van der Waals surface area contributed by atoms with Crippen LogP contribution in [0.2, 0.25) is 0 Å². The van der Waals surface area contributed by atoms with Crippen molar-refractivity contribution in [2.24, 2.45) is 0 Å². The lowest BCUT2D eigenvalue weighted by Gasteiger charge is -2.33. The highest BCUT2D eigenvalue weighted by Crippen LogP contribution is 2.20. The first-order valence-electron chi connectivity index (χ1n) is 8.79. The fourth-order valence-electron chi connectivity index (χ4n) is 3.00. The van der Waals surface area contributed by atoms with Gasteiger partial charge < -0.3 is 10.2 Å². The largest absolute Gasteiger partial charge is 0.322 e. The molecular formula is C19H22BrN3O3S. The summed E-state index contributed by atoms with van der Waals surface area (Å²) in [7, 11) is -3.61. The molecule has 1 fully saturated rings. The number of benzene rings is 2. The number of hydrogen-bond donors (Lipinski definition) is 1. The number of amides is 1. The van der Waals surface area contributed by atoms with Gasteiger partial charge in [-0.25, -0.2) is 8.42 Å². The molecule has 1 N–H and O–H groups in total. The minimum absolute atomic E-state index is 0.148. The maximum atomic E-state index is 12.9. The van der Waals surface area contributed by atoms with Crippen molar-refractivity contribution in [3.8, 4) is 0 Å². The van der Waals surface area contributed by atoms with Gasteiger partial charge in [0, 0.05) is 41.9 Å². The highest BCUT2D eigenvalue weighted by atomic mass is 79.9. The maximum Gasteiger partial charge on any atom is 0.255 e. The van der Waals surface area contributed by atoms with Crippen molar-refractivity contribution in [3.63, 3.8) is 0 Å². The zero-order valence-corrected chi connectivity index (χ0v) is 17.5. The molecule has 1 heterocycles. The fraction of sp³-hybridized carbons (Fsp3) is 0.316. The van der Waals surface area contributed by atoms with Crippen LogP contribution in [0.3, 0.4) is 0 Å². The molecule has 0 saturated carbocycles. The van der Waals surface area contributed by atoms with E-state index in [9.17, 15) is 13.2 Å². The smallest absolute Gasteiger partial charge is 0.255 e. The number of hydrogen-bond acceptors (Lipinski definition) is 4. The molecule has 0 spiro atoms. The standard InChI is InChI=1S/C19H22BrN3O3S/c1-2-22-9-11-23(12-10-22)27(25,26)18-8-3-5-15(13-18)19(24)21-17-7-4-6-16(20)14-17/h3-8,13-14H,2,9-12H2,1H3,(H,21,24). The number of nitrogens with one attached hydrogen (secondary N) is 1. The molecule has 0 radical (unpaired) electrons. The number of likely N-dealkylation sites (N-methyl/N-ethyl adjacent to an activating group) is 1. The second kappa shape index (κ2) is 8.52. The van der Waals surface area contributed by atoms with E-state index in [1.165, 1.54) is 16.4 Å². The summed E-state index contributed by atoms with van der Waals surface area (Å²) < 4.78 is 28.2. The monoisotopic (exact) mass is 451 g/mol. The van der Waals surface area contributed by atoms with Gasteiger partial charge in [0.2, 0.25) is 10.0 Å². The van der Waals surface area contributed by atoms with E-state index in [0.29, 0.717) is 24.3 Å². The zero-order chi connectivity index (χ0) is 19.4. The lowest BCUT2D eigenvalue weighted by molar-refractivity contribution is 0.102. The van der Waals surface area contributed by atoms with E-state index in [2.05, 4.69) is 33.1 Å². The first kappa shape index (κ1) is 20.0. The Morgan fingerprint density at radius 3 is 2.44 bits per heavy atom. The van der Waals surface area contributed by atoms with E-state index in [1.807, 2.05) is 12.1 Å². The van der Waals surface area contributed by atoms with Crippen molar-refractivity contribution in [2.75, 3.05) is 38.0 Å². The Kier molecular flexibility index (Phi) is 6.31. The second-order valence-corrected chi connectivity index (χ2v) is 9.18. The summed E-state index contributed by atoms with van der Waals surface area (Å²) in [6, 6.07) is 13.4. The molecule has 1 saturated heterocycles.